The average Bonchev–Trinajstić information content (AvgIpc) is 2.73. The third-order valence-corrected chi connectivity index (χ3v) is 5.34. The minimum absolute atomic E-state index is 0.165. The molecule has 0 aliphatic heterocycles. The Morgan fingerprint density at radius 3 is 1.41 bits per heavy atom. The molecule has 0 aliphatic rings. The van der Waals surface area contributed by atoms with Crippen molar-refractivity contribution in [2.75, 3.05) is 6.61 Å². The van der Waals surface area contributed by atoms with Gasteiger partial charge in [0.15, 0.2) is 0 Å². The molecule has 0 aliphatic carbocycles. The molecule has 0 unspecified atom stereocenters. The summed E-state index contributed by atoms with van der Waals surface area (Å²) in [7, 11) is -3.69. The van der Waals surface area contributed by atoms with Crippen LogP contribution in [0, 0.1) is 0 Å². The van der Waals surface area contributed by atoms with Gasteiger partial charge >= 0.3 is 7.82 Å². The van der Waals surface area contributed by atoms with Crippen LogP contribution in [-0.2, 0) is 37.8 Å². The molecule has 3 aromatic rings. The standard InChI is InChI=1S/C22H23O4P/c23-27(25-18-21-12-6-2-7-13-21,26-19-22-14-8-3-9-15-22)24-17-16-20-10-4-1-5-11-20/h1-15H,16-19H2. The van der Waals surface area contributed by atoms with Crippen LogP contribution >= 0.6 is 7.82 Å². The molecule has 0 atom stereocenters. The summed E-state index contributed by atoms with van der Waals surface area (Å²) in [4.78, 5) is 0. The second kappa shape index (κ2) is 10.2. The summed E-state index contributed by atoms with van der Waals surface area (Å²) in [6.45, 7) is 0.585. The van der Waals surface area contributed by atoms with Crippen LogP contribution in [0.25, 0.3) is 0 Å². The van der Waals surface area contributed by atoms with Crippen LogP contribution in [0.15, 0.2) is 91.0 Å². The molecule has 4 nitrogen and oxygen atoms in total. The molecule has 3 aromatic carbocycles. The Labute approximate surface area is 160 Å². The second-order valence-corrected chi connectivity index (χ2v) is 7.70. The van der Waals surface area contributed by atoms with Crippen LogP contribution in [0.2, 0.25) is 0 Å². The van der Waals surface area contributed by atoms with Crippen molar-refractivity contribution in [3.05, 3.63) is 108 Å². The highest BCUT2D eigenvalue weighted by Crippen LogP contribution is 2.51. The average molecular weight is 382 g/mol. The quantitative estimate of drug-likeness (QED) is 0.417. The fourth-order valence-corrected chi connectivity index (χ4v) is 3.64. The van der Waals surface area contributed by atoms with E-state index in [1.807, 2.05) is 91.0 Å². The first-order valence-electron chi connectivity index (χ1n) is 8.89. The zero-order valence-corrected chi connectivity index (χ0v) is 16.0. The minimum atomic E-state index is -3.69. The van der Waals surface area contributed by atoms with E-state index in [1.165, 1.54) is 0 Å². The molecule has 0 amide bonds. The van der Waals surface area contributed by atoms with Gasteiger partial charge in [0.25, 0.3) is 0 Å². The van der Waals surface area contributed by atoms with Crippen molar-refractivity contribution in [2.24, 2.45) is 0 Å². The van der Waals surface area contributed by atoms with Crippen molar-refractivity contribution in [2.45, 2.75) is 19.6 Å². The van der Waals surface area contributed by atoms with Crippen LogP contribution in [0.5, 0.6) is 0 Å². The normalized spacial score (nSPS) is 11.4. The third-order valence-electron chi connectivity index (χ3n) is 3.95. The van der Waals surface area contributed by atoms with Gasteiger partial charge in [-0.2, -0.15) is 0 Å². The SMILES string of the molecule is O=P(OCCc1ccccc1)(OCc1ccccc1)OCc1ccccc1. The van der Waals surface area contributed by atoms with Crippen LogP contribution in [0.3, 0.4) is 0 Å². The Bertz CT molecular complexity index is 790. The van der Waals surface area contributed by atoms with E-state index in [4.69, 9.17) is 13.6 Å². The molecule has 0 heterocycles. The molecule has 0 bridgehead atoms. The van der Waals surface area contributed by atoms with Gasteiger partial charge in [0, 0.05) is 0 Å². The number of hydrogen-bond donors (Lipinski definition) is 0. The van der Waals surface area contributed by atoms with Gasteiger partial charge in [-0.05, 0) is 23.1 Å². The van der Waals surface area contributed by atoms with Crippen LogP contribution < -0.4 is 0 Å². The summed E-state index contributed by atoms with van der Waals surface area (Å²) in [6, 6.07) is 29.0. The van der Waals surface area contributed by atoms with E-state index in [1.54, 1.807) is 0 Å². The second-order valence-electron chi connectivity index (χ2n) is 6.03. The zero-order chi connectivity index (χ0) is 18.8. The molecule has 0 fully saturated rings. The number of hydrogen-bond acceptors (Lipinski definition) is 4. The van der Waals surface area contributed by atoms with Crippen molar-refractivity contribution >= 4 is 7.82 Å². The first-order chi connectivity index (χ1) is 13.2. The van der Waals surface area contributed by atoms with Gasteiger partial charge in [-0.3, -0.25) is 13.6 Å². The highest BCUT2D eigenvalue weighted by atomic mass is 31.2. The molecular formula is C22H23O4P. The highest BCUT2D eigenvalue weighted by molar-refractivity contribution is 7.48. The summed E-state index contributed by atoms with van der Waals surface area (Å²) in [6.07, 6.45) is 0.633. The molecule has 0 aromatic heterocycles. The van der Waals surface area contributed by atoms with E-state index in [2.05, 4.69) is 0 Å². The fourth-order valence-electron chi connectivity index (χ4n) is 2.49. The Morgan fingerprint density at radius 1 is 0.556 bits per heavy atom. The Balaban J connectivity index is 1.60. The van der Waals surface area contributed by atoms with Crippen LogP contribution in [0.1, 0.15) is 16.7 Å². The molecule has 0 saturated heterocycles. The van der Waals surface area contributed by atoms with E-state index in [9.17, 15) is 4.57 Å². The Morgan fingerprint density at radius 2 is 0.963 bits per heavy atom. The maximum absolute atomic E-state index is 13.1. The molecule has 0 radical (unpaired) electrons. The van der Waals surface area contributed by atoms with E-state index in [0.29, 0.717) is 6.42 Å². The molecule has 5 heteroatoms. The van der Waals surface area contributed by atoms with Gasteiger partial charge in [-0.15, -0.1) is 0 Å². The fraction of sp³-hybridized carbons (Fsp3) is 0.182. The minimum Gasteiger partial charge on any atom is -0.287 e. The molecule has 0 N–H and O–H groups in total. The van der Waals surface area contributed by atoms with Gasteiger partial charge in [0.05, 0.1) is 19.8 Å². The molecule has 27 heavy (non-hydrogen) atoms. The van der Waals surface area contributed by atoms with Gasteiger partial charge in [0.1, 0.15) is 0 Å². The Kier molecular flexibility index (Phi) is 7.37. The van der Waals surface area contributed by atoms with E-state index in [-0.39, 0.29) is 19.8 Å². The lowest BCUT2D eigenvalue weighted by molar-refractivity contribution is 0.104. The van der Waals surface area contributed by atoms with Gasteiger partial charge in [0.2, 0.25) is 0 Å². The first kappa shape index (κ1) is 19.5. The van der Waals surface area contributed by atoms with E-state index >= 15 is 0 Å². The maximum Gasteiger partial charge on any atom is 0.475 e. The summed E-state index contributed by atoms with van der Waals surface area (Å²) >= 11 is 0. The summed E-state index contributed by atoms with van der Waals surface area (Å²) in [5.41, 5.74) is 2.93. The van der Waals surface area contributed by atoms with E-state index < -0.39 is 7.82 Å². The van der Waals surface area contributed by atoms with Crippen molar-refractivity contribution in [1.29, 1.82) is 0 Å². The van der Waals surface area contributed by atoms with Crippen molar-refractivity contribution in [1.82, 2.24) is 0 Å². The van der Waals surface area contributed by atoms with Gasteiger partial charge in [-0.25, -0.2) is 4.57 Å². The van der Waals surface area contributed by atoms with Crippen molar-refractivity contribution in [3.63, 3.8) is 0 Å². The number of phosphoric acid groups is 1. The molecule has 3 rings (SSSR count). The molecular weight excluding hydrogens is 359 g/mol. The van der Waals surface area contributed by atoms with E-state index in [0.717, 1.165) is 16.7 Å². The lowest BCUT2D eigenvalue weighted by Gasteiger charge is -2.18. The molecule has 0 saturated carbocycles. The zero-order valence-electron chi connectivity index (χ0n) is 15.1. The number of phosphoric ester groups is 1. The Hall–Kier alpha value is -2.23. The maximum atomic E-state index is 13.1. The summed E-state index contributed by atoms with van der Waals surface area (Å²) in [5, 5.41) is 0. The van der Waals surface area contributed by atoms with Crippen LogP contribution in [-0.4, -0.2) is 6.61 Å². The molecule has 140 valence electrons. The number of rotatable bonds is 10. The predicted octanol–water partition coefficient (Wildman–Crippen LogP) is 5.79. The monoisotopic (exact) mass is 382 g/mol. The van der Waals surface area contributed by atoms with Gasteiger partial charge < -0.3 is 0 Å². The lowest BCUT2D eigenvalue weighted by atomic mass is 10.2. The lowest BCUT2D eigenvalue weighted by Crippen LogP contribution is -2.04. The van der Waals surface area contributed by atoms with Crippen molar-refractivity contribution in [3.8, 4) is 0 Å². The van der Waals surface area contributed by atoms with Crippen molar-refractivity contribution < 1.29 is 18.1 Å². The predicted molar refractivity (Wildman–Crippen MR) is 106 cm³/mol. The smallest absolute Gasteiger partial charge is 0.287 e. The third kappa shape index (κ3) is 6.78. The van der Waals surface area contributed by atoms with Crippen LogP contribution in [0.4, 0.5) is 0 Å². The van der Waals surface area contributed by atoms with Gasteiger partial charge in [-0.1, -0.05) is 91.0 Å². The topological polar surface area (TPSA) is 44.8 Å². The number of benzene rings is 3. The first-order valence-corrected chi connectivity index (χ1v) is 10.3. The molecule has 0 spiro atoms. The summed E-state index contributed by atoms with van der Waals surface area (Å²) in [5.74, 6) is 0. The summed E-state index contributed by atoms with van der Waals surface area (Å²) < 4.78 is 29.8. The highest BCUT2D eigenvalue weighted by Gasteiger charge is 2.27. The largest absolute Gasteiger partial charge is 0.475 e.